The van der Waals surface area contributed by atoms with Crippen LogP contribution >= 0.6 is 0 Å². The fourth-order valence-corrected chi connectivity index (χ4v) is 19.4. The summed E-state index contributed by atoms with van der Waals surface area (Å²) in [6.07, 6.45) is 24.2. The second-order valence-corrected chi connectivity index (χ2v) is 37.1. The maximum Gasteiger partial charge on any atom is 0.181 e. The number of hydrogen-bond donors (Lipinski definition) is 0. The molecule has 10 atom stereocenters. The molecule has 0 radical (unpaired) electrons. The van der Waals surface area contributed by atoms with E-state index in [4.69, 9.17) is 84.4 Å². The molecule has 20 heterocycles. The summed E-state index contributed by atoms with van der Waals surface area (Å²) < 4.78 is 64.0. The Morgan fingerprint density at radius 3 is 0.993 bits per heavy atom. The van der Waals surface area contributed by atoms with Crippen LogP contribution in [0.5, 0.6) is 17.2 Å². The van der Waals surface area contributed by atoms with E-state index in [1.807, 2.05) is 161 Å². The van der Waals surface area contributed by atoms with E-state index in [1.54, 1.807) is 37.1 Å². The molecule has 5 saturated carbocycles. The van der Waals surface area contributed by atoms with E-state index in [0.29, 0.717) is 53.1 Å². The molecule has 0 amide bonds. The fraction of sp³-hybridized carbons (Fsp3) is 0.400. The molecule has 0 aromatic carbocycles. The van der Waals surface area contributed by atoms with Crippen LogP contribution in [0.4, 0.5) is 8.78 Å². The number of hydrogen-bond acceptors (Lipinski definition) is 23. The Labute approximate surface area is 777 Å². The highest BCUT2D eigenvalue weighted by Crippen LogP contribution is 2.59. The molecule has 20 aromatic rings. The van der Waals surface area contributed by atoms with Crippen LogP contribution in [-0.4, -0.2) is 166 Å². The maximum absolute atomic E-state index is 14.2. The van der Waals surface area contributed by atoms with E-state index >= 15 is 0 Å². The fourth-order valence-electron chi connectivity index (χ4n) is 19.4. The zero-order chi connectivity index (χ0) is 93.6. The minimum absolute atomic E-state index is 0. The number of halogens is 2. The molecule has 0 bridgehead atoms. The summed E-state index contributed by atoms with van der Waals surface area (Å²) in [4.78, 5) is 70.0. The van der Waals surface area contributed by atoms with Gasteiger partial charge < -0.3 is 36.2 Å². The third kappa shape index (κ3) is 15.2. The molecule has 0 saturated heterocycles. The first-order valence-corrected chi connectivity index (χ1v) is 45.7. The molecule has 35 heteroatoms. The number of nitrogens with zero attached hydrogens (tertiary/aromatic N) is 30. The van der Waals surface area contributed by atoms with Gasteiger partial charge in [0.15, 0.2) is 91.7 Å². The topological polar surface area (TPSA) is 330 Å². The number of ether oxygens (including phenoxy) is 3. The first kappa shape index (κ1) is 88.4. The Hall–Kier alpha value is -14.5. The molecule has 33 nitrogen and oxygen atoms in total. The number of aryl methyl sites for hydroxylation is 20. The number of methoxy groups -OCH3 is 3. The lowest BCUT2D eigenvalue weighted by Gasteiger charge is -2.05. The van der Waals surface area contributed by atoms with Gasteiger partial charge in [0.1, 0.15) is 22.8 Å². The summed E-state index contributed by atoms with van der Waals surface area (Å²) in [6.45, 7) is 40.5. The first-order valence-electron chi connectivity index (χ1n) is 45.7. The van der Waals surface area contributed by atoms with Crippen LogP contribution in [-0.2, 0) is 6.42 Å². The molecule has 5 aliphatic rings. The van der Waals surface area contributed by atoms with E-state index in [9.17, 15) is 8.78 Å². The molecule has 135 heavy (non-hydrogen) atoms. The molecule has 0 N–H and O–H groups in total. The van der Waals surface area contributed by atoms with E-state index in [2.05, 4.69) is 115 Å². The van der Waals surface area contributed by atoms with Crippen molar-refractivity contribution in [3.05, 3.63) is 275 Å². The van der Waals surface area contributed by atoms with Crippen molar-refractivity contribution in [1.82, 2.24) is 145 Å². The highest BCUT2D eigenvalue weighted by atomic mass is 19.1. The molecule has 0 spiro atoms. The van der Waals surface area contributed by atoms with Gasteiger partial charge in [0.25, 0.3) is 0 Å². The van der Waals surface area contributed by atoms with Crippen molar-refractivity contribution >= 4 is 56.5 Å². The highest BCUT2D eigenvalue weighted by molar-refractivity contribution is 5.63. The molecule has 25 rings (SSSR count). The smallest absolute Gasteiger partial charge is 0.181 e. The predicted molar refractivity (Wildman–Crippen MR) is 506 cm³/mol. The molecule has 692 valence electrons. The Balaban J connectivity index is 0.000000104. The van der Waals surface area contributed by atoms with Crippen molar-refractivity contribution in [2.24, 2.45) is 0 Å². The maximum atomic E-state index is 14.2. The largest absolute Gasteiger partial charge is 0.493 e. The SMILES string of the molecule is C.CCc1cc2nc(C3CC3c3nc4c(C)ncc(C)n4n3)c(C)n2cc1F.COc1c(C)ccn2c(C)c(C3CC3c3nc4c(C)ncc(C)n4n3)nc12.COc1cc(C)cn2c(C)c(C3CC3c3nc4c(C)ncc(C)n4n3)nc12.COc1cc2nc(C3CC3c3nc4c(C)ncc(C)n4n3)c(C)n2cc1F.Cc1cc2nc(C3CC3c3nc4c(C)ncc(C)n4n3)c(C)n2cc1C. The standard InChI is InChI=1S/C20H21FN6.2C20H22N6O.C20H22N6.C19H19FN6O.CH4/c1-5-13-6-17-23-18(12(4)26(17)9-16(13)21)14-7-15(14)19-24-20-11(3)22-8-10(2)27(20)25-19;1-10-6-16(27-5)20-22-17(13(4)25(20)9-10)14-7-15(14)18-23-19-12(3)21-8-11(2)26(19)24-18;1-10-6-7-25-13(4)16(22-20(25)17(10)27-5)14-8-15(14)18-23-19-12(3)21-9-11(2)26(19)24-18;1-10-6-17-22-18(14(5)25(17)9-11(10)2)15-7-16(15)19-23-20-13(4)21-8-12(3)26(20)24-19;1-9-7-21-10(2)19-23-18(24-26(9)19)13-5-12(13)17-11(3)25-8-14(20)15(27-4)6-16(25)22-17;/h6,8-9,14-15H,5,7H2,1-4H3;6,8-9,14-15H,7H2,1-5H3;6-7,9,14-15H,8H2,1-5H3;6,8-9,15-16H,7H2,1-5H3;6-8,12-13H,5H2,1-4H3;1H4. The lowest BCUT2D eigenvalue weighted by atomic mass is 10.2. The van der Waals surface area contributed by atoms with Gasteiger partial charge in [-0.1, -0.05) is 14.4 Å². The van der Waals surface area contributed by atoms with Gasteiger partial charge in [0.05, 0.1) is 113 Å². The Morgan fingerprint density at radius 2 is 0.637 bits per heavy atom. The second-order valence-electron chi connectivity index (χ2n) is 37.1. The van der Waals surface area contributed by atoms with Gasteiger partial charge in [-0.2, -0.15) is 25.5 Å². The second kappa shape index (κ2) is 33.3. The minimum Gasteiger partial charge on any atom is -0.493 e. The number of rotatable bonds is 14. The number of aromatic nitrogens is 30. The summed E-state index contributed by atoms with van der Waals surface area (Å²) in [6, 6.07) is 9.75. The van der Waals surface area contributed by atoms with Crippen LogP contribution in [0.1, 0.15) is 276 Å². The normalized spacial score (nSPS) is 19.1. The average molecular weight is 1820 g/mol. The number of pyridine rings is 5. The molecule has 20 aromatic heterocycles. The van der Waals surface area contributed by atoms with Gasteiger partial charge in [0.2, 0.25) is 0 Å². The van der Waals surface area contributed by atoms with E-state index in [-0.39, 0.29) is 42.7 Å². The summed E-state index contributed by atoms with van der Waals surface area (Å²) in [5, 5.41) is 23.6. The van der Waals surface area contributed by atoms with Crippen molar-refractivity contribution in [2.75, 3.05) is 21.3 Å². The minimum atomic E-state index is -0.398. The van der Waals surface area contributed by atoms with Gasteiger partial charge in [-0.15, -0.1) is 0 Å². The zero-order valence-electron chi connectivity index (χ0n) is 79.6. The first-order chi connectivity index (χ1) is 64.3. The van der Waals surface area contributed by atoms with Crippen molar-refractivity contribution in [1.29, 1.82) is 0 Å². The summed E-state index contributed by atoms with van der Waals surface area (Å²) in [5.41, 5.74) is 34.3. The Bertz CT molecular complexity index is 7730. The lowest BCUT2D eigenvalue weighted by molar-refractivity contribution is 0.385. The summed E-state index contributed by atoms with van der Waals surface area (Å²) in [7, 11) is 4.85. The van der Waals surface area contributed by atoms with Crippen molar-refractivity contribution < 1.29 is 23.0 Å². The van der Waals surface area contributed by atoms with Crippen LogP contribution < -0.4 is 14.2 Å². The van der Waals surface area contributed by atoms with Gasteiger partial charge in [0, 0.05) is 149 Å². The third-order valence-electron chi connectivity index (χ3n) is 27.9. The summed E-state index contributed by atoms with van der Waals surface area (Å²) in [5.74, 6) is 8.68. The van der Waals surface area contributed by atoms with Crippen LogP contribution in [0.2, 0.25) is 0 Å². The molecular formula is C100H110F2N30O3. The van der Waals surface area contributed by atoms with Gasteiger partial charge in [-0.25, -0.2) is 81.2 Å². The van der Waals surface area contributed by atoms with Gasteiger partial charge >= 0.3 is 0 Å². The molecule has 10 unspecified atom stereocenters. The lowest BCUT2D eigenvalue weighted by Crippen LogP contribution is -1.97. The van der Waals surface area contributed by atoms with Crippen LogP contribution in [0.3, 0.4) is 0 Å². The van der Waals surface area contributed by atoms with E-state index in [0.717, 1.165) is 237 Å². The average Bonchev–Trinajstić information content (AvgIpc) is 1.57. The van der Waals surface area contributed by atoms with E-state index in [1.165, 1.54) is 35.8 Å². The van der Waals surface area contributed by atoms with Crippen LogP contribution in [0.15, 0.2) is 92.3 Å². The third-order valence-corrected chi connectivity index (χ3v) is 27.9. The number of imidazole rings is 5. The predicted octanol–water partition coefficient (Wildman–Crippen LogP) is 17.6. The van der Waals surface area contributed by atoms with Crippen molar-refractivity contribution in [3.8, 4) is 17.2 Å². The van der Waals surface area contributed by atoms with Gasteiger partial charge in [-0.05, 0) is 222 Å². The van der Waals surface area contributed by atoms with Crippen molar-refractivity contribution in [3.63, 3.8) is 0 Å². The van der Waals surface area contributed by atoms with Gasteiger partial charge in [-0.3, -0.25) is 24.9 Å². The van der Waals surface area contributed by atoms with Crippen molar-refractivity contribution in [2.45, 2.75) is 244 Å². The van der Waals surface area contributed by atoms with Crippen LogP contribution in [0, 0.1) is 143 Å². The van der Waals surface area contributed by atoms with E-state index < -0.39 is 5.82 Å². The molecule has 5 fully saturated rings. The molecule has 5 aliphatic carbocycles. The Kier molecular flexibility index (Phi) is 21.8. The quantitative estimate of drug-likeness (QED) is 0.0976. The summed E-state index contributed by atoms with van der Waals surface area (Å²) >= 11 is 0. The number of fused-ring (bicyclic) bond motifs is 10. The molecular weight excluding hydrogens is 1710 g/mol. The van der Waals surface area contributed by atoms with Crippen LogP contribution in [0.25, 0.3) is 56.5 Å². The zero-order valence-corrected chi connectivity index (χ0v) is 79.6. The monoisotopic (exact) mass is 1820 g/mol. The Morgan fingerprint density at radius 1 is 0.311 bits per heavy atom. The highest BCUT2D eigenvalue weighted by Gasteiger charge is 2.50. The molecule has 0 aliphatic heterocycles.